The van der Waals surface area contributed by atoms with Crippen LogP contribution in [0, 0.1) is 6.92 Å². The molecule has 0 amide bonds. The van der Waals surface area contributed by atoms with Gasteiger partial charge in [-0.3, -0.25) is 9.89 Å². The van der Waals surface area contributed by atoms with Gasteiger partial charge < -0.3 is 10.6 Å². The standard InChI is InChI=1S/C19H27N5S/c1-15-21-12-18(25-15)13-23-19(20-2)22-11-16-5-7-17(8-6-16)14-24-9-3-4-10-24/h5-8,12H,3-4,9-11,13-14H2,1-2H3,(H2,20,22,23). The molecule has 25 heavy (non-hydrogen) atoms. The summed E-state index contributed by atoms with van der Waals surface area (Å²) >= 11 is 1.71. The van der Waals surface area contributed by atoms with Crippen LogP contribution in [0.3, 0.4) is 0 Å². The molecular weight excluding hydrogens is 330 g/mol. The summed E-state index contributed by atoms with van der Waals surface area (Å²) < 4.78 is 0. The van der Waals surface area contributed by atoms with Crippen molar-refractivity contribution in [1.29, 1.82) is 0 Å². The molecule has 0 radical (unpaired) electrons. The van der Waals surface area contributed by atoms with Crippen molar-refractivity contribution in [2.24, 2.45) is 4.99 Å². The Hall–Kier alpha value is -1.92. The van der Waals surface area contributed by atoms with Gasteiger partial charge in [0.2, 0.25) is 0 Å². The summed E-state index contributed by atoms with van der Waals surface area (Å²) in [7, 11) is 1.80. The van der Waals surface area contributed by atoms with Crippen molar-refractivity contribution >= 4 is 17.3 Å². The second kappa shape index (κ2) is 8.97. The Bertz CT molecular complexity index is 686. The maximum absolute atomic E-state index is 4.28. The Kier molecular flexibility index (Phi) is 6.42. The number of guanidine groups is 1. The highest BCUT2D eigenvalue weighted by atomic mass is 32.1. The summed E-state index contributed by atoms with van der Waals surface area (Å²) in [5.41, 5.74) is 2.66. The number of nitrogens with one attached hydrogen (secondary N) is 2. The normalized spacial score (nSPS) is 15.5. The second-order valence-electron chi connectivity index (χ2n) is 6.42. The van der Waals surface area contributed by atoms with Crippen LogP contribution >= 0.6 is 11.3 Å². The predicted molar refractivity (Wildman–Crippen MR) is 105 cm³/mol. The summed E-state index contributed by atoms with van der Waals surface area (Å²) in [4.78, 5) is 12.3. The molecule has 1 aromatic carbocycles. The molecular formula is C19H27N5S. The quantitative estimate of drug-likeness (QED) is 0.617. The zero-order valence-electron chi connectivity index (χ0n) is 15.1. The van der Waals surface area contributed by atoms with Crippen LogP contribution in [0.15, 0.2) is 35.5 Å². The maximum Gasteiger partial charge on any atom is 0.191 e. The third-order valence-electron chi connectivity index (χ3n) is 4.41. The van der Waals surface area contributed by atoms with Crippen molar-refractivity contribution < 1.29 is 0 Å². The van der Waals surface area contributed by atoms with E-state index in [2.05, 4.69) is 49.8 Å². The van der Waals surface area contributed by atoms with Crippen molar-refractivity contribution in [2.75, 3.05) is 20.1 Å². The number of rotatable bonds is 6. The van der Waals surface area contributed by atoms with Gasteiger partial charge in [-0.2, -0.15) is 0 Å². The summed E-state index contributed by atoms with van der Waals surface area (Å²) in [5, 5.41) is 7.79. The zero-order valence-corrected chi connectivity index (χ0v) is 15.9. The molecule has 0 saturated carbocycles. The Balaban J connectivity index is 1.44. The van der Waals surface area contributed by atoms with Crippen molar-refractivity contribution in [1.82, 2.24) is 20.5 Å². The highest BCUT2D eigenvalue weighted by Gasteiger charge is 2.11. The van der Waals surface area contributed by atoms with E-state index in [0.29, 0.717) is 0 Å². The van der Waals surface area contributed by atoms with Crippen molar-refractivity contribution in [3.63, 3.8) is 0 Å². The first-order chi connectivity index (χ1) is 12.2. The fourth-order valence-corrected chi connectivity index (χ4v) is 3.76. The molecule has 2 heterocycles. The molecule has 1 aliphatic heterocycles. The molecule has 2 N–H and O–H groups in total. The number of aryl methyl sites for hydroxylation is 1. The van der Waals surface area contributed by atoms with E-state index in [-0.39, 0.29) is 0 Å². The van der Waals surface area contributed by atoms with Crippen LogP contribution in [0.5, 0.6) is 0 Å². The lowest BCUT2D eigenvalue weighted by atomic mass is 10.1. The molecule has 0 atom stereocenters. The van der Waals surface area contributed by atoms with E-state index in [4.69, 9.17) is 0 Å². The van der Waals surface area contributed by atoms with E-state index in [0.717, 1.165) is 30.6 Å². The van der Waals surface area contributed by atoms with E-state index in [1.807, 2.05) is 13.1 Å². The third kappa shape index (κ3) is 5.54. The highest BCUT2D eigenvalue weighted by Crippen LogP contribution is 2.13. The molecule has 1 saturated heterocycles. The van der Waals surface area contributed by atoms with Crippen LogP contribution in [0.1, 0.15) is 33.9 Å². The summed E-state index contributed by atoms with van der Waals surface area (Å²) in [6, 6.07) is 8.90. The number of benzene rings is 1. The van der Waals surface area contributed by atoms with Gasteiger partial charge in [0.05, 0.1) is 11.6 Å². The Morgan fingerprint density at radius 2 is 1.80 bits per heavy atom. The number of hydrogen-bond donors (Lipinski definition) is 2. The van der Waals surface area contributed by atoms with Crippen LogP contribution in [0.25, 0.3) is 0 Å². The van der Waals surface area contributed by atoms with Gasteiger partial charge in [-0.05, 0) is 44.0 Å². The van der Waals surface area contributed by atoms with Gasteiger partial charge in [-0.1, -0.05) is 24.3 Å². The van der Waals surface area contributed by atoms with Gasteiger partial charge >= 0.3 is 0 Å². The number of aromatic nitrogens is 1. The van der Waals surface area contributed by atoms with Crippen LogP contribution in [0.4, 0.5) is 0 Å². The van der Waals surface area contributed by atoms with E-state index >= 15 is 0 Å². The second-order valence-corrected chi connectivity index (χ2v) is 7.74. The first kappa shape index (κ1) is 17.9. The molecule has 0 aliphatic carbocycles. The van der Waals surface area contributed by atoms with Gasteiger partial charge in [-0.25, -0.2) is 4.98 Å². The molecule has 134 valence electrons. The number of hydrogen-bond acceptors (Lipinski definition) is 4. The highest BCUT2D eigenvalue weighted by molar-refractivity contribution is 7.11. The Labute approximate surface area is 154 Å². The molecule has 0 spiro atoms. The molecule has 0 unspecified atom stereocenters. The van der Waals surface area contributed by atoms with Crippen LogP contribution in [-0.4, -0.2) is 36.0 Å². The smallest absolute Gasteiger partial charge is 0.191 e. The van der Waals surface area contributed by atoms with Gasteiger partial charge in [0.25, 0.3) is 0 Å². The summed E-state index contributed by atoms with van der Waals surface area (Å²) in [6.07, 6.45) is 4.60. The molecule has 2 aromatic rings. The van der Waals surface area contributed by atoms with E-state index in [1.165, 1.54) is 41.9 Å². The third-order valence-corrected chi connectivity index (χ3v) is 5.32. The van der Waals surface area contributed by atoms with Gasteiger partial charge in [0, 0.05) is 31.2 Å². The van der Waals surface area contributed by atoms with E-state index < -0.39 is 0 Å². The first-order valence-electron chi connectivity index (χ1n) is 8.89. The fraction of sp³-hybridized carbons (Fsp3) is 0.474. The lowest BCUT2D eigenvalue weighted by Gasteiger charge is -2.15. The largest absolute Gasteiger partial charge is 0.352 e. The first-order valence-corrected chi connectivity index (χ1v) is 9.70. The van der Waals surface area contributed by atoms with Crippen molar-refractivity contribution in [3.8, 4) is 0 Å². The van der Waals surface area contributed by atoms with Gasteiger partial charge in [0.1, 0.15) is 0 Å². The molecule has 3 rings (SSSR count). The van der Waals surface area contributed by atoms with Crippen LogP contribution in [0.2, 0.25) is 0 Å². The zero-order chi connectivity index (χ0) is 17.5. The number of likely N-dealkylation sites (tertiary alicyclic amines) is 1. The molecule has 6 heteroatoms. The van der Waals surface area contributed by atoms with Crippen LogP contribution in [-0.2, 0) is 19.6 Å². The number of thiazole rings is 1. The monoisotopic (exact) mass is 357 g/mol. The van der Waals surface area contributed by atoms with Crippen LogP contribution < -0.4 is 10.6 Å². The van der Waals surface area contributed by atoms with Gasteiger partial charge in [-0.15, -0.1) is 11.3 Å². The lowest BCUT2D eigenvalue weighted by molar-refractivity contribution is 0.331. The number of aliphatic imine (C=N–C) groups is 1. The Morgan fingerprint density at radius 1 is 1.12 bits per heavy atom. The minimum Gasteiger partial charge on any atom is -0.352 e. The minimum atomic E-state index is 0.750. The fourth-order valence-electron chi connectivity index (χ4n) is 3.03. The summed E-state index contributed by atoms with van der Waals surface area (Å²) in [5.74, 6) is 0.812. The Morgan fingerprint density at radius 3 is 2.44 bits per heavy atom. The topological polar surface area (TPSA) is 52.6 Å². The molecule has 0 bridgehead atoms. The summed E-state index contributed by atoms with van der Waals surface area (Å²) in [6.45, 7) is 7.10. The molecule has 1 fully saturated rings. The van der Waals surface area contributed by atoms with Crippen molar-refractivity contribution in [2.45, 2.75) is 39.4 Å². The molecule has 5 nitrogen and oxygen atoms in total. The van der Waals surface area contributed by atoms with Crippen molar-refractivity contribution in [3.05, 3.63) is 51.5 Å². The van der Waals surface area contributed by atoms with E-state index in [1.54, 1.807) is 18.4 Å². The molecule has 1 aliphatic rings. The van der Waals surface area contributed by atoms with E-state index in [9.17, 15) is 0 Å². The molecule has 1 aromatic heterocycles. The average Bonchev–Trinajstić information content (AvgIpc) is 3.28. The maximum atomic E-state index is 4.28. The predicted octanol–water partition coefficient (Wildman–Crippen LogP) is 2.91. The van der Waals surface area contributed by atoms with Gasteiger partial charge in [0.15, 0.2) is 5.96 Å². The number of nitrogens with zero attached hydrogens (tertiary/aromatic N) is 3. The SMILES string of the molecule is CN=C(NCc1ccc(CN2CCCC2)cc1)NCc1cnc(C)s1. The lowest BCUT2D eigenvalue weighted by Crippen LogP contribution is -2.36. The minimum absolute atomic E-state index is 0.750. The average molecular weight is 358 g/mol.